The van der Waals surface area contributed by atoms with Crippen LogP contribution in [0.3, 0.4) is 0 Å². The molecule has 2 aromatic rings. The SMILES string of the molecule is O=C(CS(=O)c1ccc(F)cc1F)c1ccc(Cl)s1. The lowest BCUT2D eigenvalue weighted by molar-refractivity contribution is 0.102. The average molecular weight is 321 g/mol. The number of hydrogen-bond donors (Lipinski definition) is 0. The van der Waals surface area contributed by atoms with Crippen LogP contribution in [0.5, 0.6) is 0 Å². The second-order valence-corrected chi connectivity index (χ2v) is 6.73. The van der Waals surface area contributed by atoms with E-state index >= 15 is 0 Å². The van der Waals surface area contributed by atoms with E-state index in [0.29, 0.717) is 15.3 Å². The van der Waals surface area contributed by atoms with E-state index in [1.165, 1.54) is 6.07 Å². The molecule has 0 aliphatic rings. The molecule has 0 saturated heterocycles. The quantitative estimate of drug-likeness (QED) is 0.805. The number of rotatable bonds is 4. The molecule has 7 heteroatoms. The van der Waals surface area contributed by atoms with Gasteiger partial charge in [-0.25, -0.2) is 8.78 Å². The number of carbonyl (C=O) groups is 1. The fourth-order valence-corrected chi connectivity index (χ4v) is 3.51. The Bertz CT molecular complexity index is 655. The van der Waals surface area contributed by atoms with Gasteiger partial charge in [0.25, 0.3) is 0 Å². The molecule has 0 bridgehead atoms. The lowest BCUT2D eigenvalue weighted by Gasteiger charge is -2.02. The first-order valence-corrected chi connectivity index (χ1v) is 7.60. The predicted octanol–water partition coefficient (Wildman–Crippen LogP) is 3.67. The Hall–Kier alpha value is -1.11. The monoisotopic (exact) mass is 320 g/mol. The number of Topliss-reactive ketones (excluding diaryl/α,β-unsaturated/α-hetero) is 1. The number of halogens is 3. The van der Waals surface area contributed by atoms with Crippen LogP contribution in [0.4, 0.5) is 8.78 Å². The molecule has 1 atom stereocenters. The minimum atomic E-state index is -1.85. The van der Waals surface area contributed by atoms with Crippen molar-refractivity contribution in [2.45, 2.75) is 4.90 Å². The normalized spacial score (nSPS) is 12.4. The lowest BCUT2D eigenvalue weighted by atomic mass is 10.3. The van der Waals surface area contributed by atoms with Crippen molar-refractivity contribution < 1.29 is 17.8 Å². The van der Waals surface area contributed by atoms with E-state index in [2.05, 4.69) is 0 Å². The van der Waals surface area contributed by atoms with E-state index in [9.17, 15) is 17.8 Å². The molecule has 0 radical (unpaired) electrons. The van der Waals surface area contributed by atoms with E-state index in [0.717, 1.165) is 23.5 Å². The summed E-state index contributed by atoms with van der Waals surface area (Å²) in [6, 6.07) is 5.80. The molecule has 0 amide bonds. The zero-order valence-electron chi connectivity index (χ0n) is 9.36. The molecule has 0 spiro atoms. The van der Waals surface area contributed by atoms with Crippen molar-refractivity contribution in [2.75, 3.05) is 5.75 Å². The minimum absolute atomic E-state index is 0.183. The lowest BCUT2D eigenvalue weighted by Crippen LogP contribution is -2.11. The number of thiophene rings is 1. The molecule has 0 aliphatic carbocycles. The summed E-state index contributed by atoms with van der Waals surface area (Å²) in [7, 11) is -1.85. The van der Waals surface area contributed by atoms with Crippen LogP contribution in [0.1, 0.15) is 9.67 Å². The average Bonchev–Trinajstić information content (AvgIpc) is 2.75. The van der Waals surface area contributed by atoms with Gasteiger partial charge in [-0.2, -0.15) is 0 Å². The molecule has 2 rings (SSSR count). The van der Waals surface area contributed by atoms with Gasteiger partial charge in [0.05, 0.1) is 30.7 Å². The van der Waals surface area contributed by atoms with Crippen molar-refractivity contribution in [1.29, 1.82) is 0 Å². The molecule has 1 heterocycles. The van der Waals surface area contributed by atoms with Gasteiger partial charge in [0.2, 0.25) is 0 Å². The van der Waals surface area contributed by atoms with E-state index in [1.807, 2.05) is 0 Å². The fourth-order valence-electron chi connectivity index (χ4n) is 1.39. The molecular weight excluding hydrogens is 314 g/mol. The summed E-state index contributed by atoms with van der Waals surface area (Å²) in [5.41, 5.74) is 0. The van der Waals surface area contributed by atoms with Gasteiger partial charge in [0.1, 0.15) is 11.6 Å². The molecule has 0 saturated carbocycles. The van der Waals surface area contributed by atoms with E-state index in [1.54, 1.807) is 6.07 Å². The van der Waals surface area contributed by atoms with Crippen molar-refractivity contribution in [3.8, 4) is 0 Å². The van der Waals surface area contributed by atoms with Gasteiger partial charge in [0.15, 0.2) is 5.78 Å². The van der Waals surface area contributed by atoms with E-state index < -0.39 is 22.4 Å². The first-order valence-electron chi connectivity index (χ1n) is 5.09. The molecule has 2 nitrogen and oxygen atoms in total. The van der Waals surface area contributed by atoms with E-state index in [-0.39, 0.29) is 16.4 Å². The van der Waals surface area contributed by atoms with Crippen molar-refractivity contribution in [2.24, 2.45) is 0 Å². The maximum atomic E-state index is 13.4. The largest absolute Gasteiger partial charge is 0.292 e. The number of benzene rings is 1. The molecule has 0 fully saturated rings. The smallest absolute Gasteiger partial charge is 0.185 e. The summed E-state index contributed by atoms with van der Waals surface area (Å²) in [5, 5.41) is 0. The van der Waals surface area contributed by atoms with Crippen molar-refractivity contribution in [3.05, 3.63) is 51.2 Å². The summed E-state index contributed by atoms with van der Waals surface area (Å²) < 4.78 is 38.4. The van der Waals surface area contributed by atoms with Crippen LogP contribution < -0.4 is 0 Å². The Kier molecular flexibility index (Phi) is 4.44. The van der Waals surface area contributed by atoms with Gasteiger partial charge in [-0.3, -0.25) is 9.00 Å². The first kappa shape index (κ1) is 14.3. The van der Waals surface area contributed by atoms with Crippen LogP contribution in [-0.2, 0) is 10.8 Å². The Morgan fingerprint density at radius 2 is 2.00 bits per heavy atom. The van der Waals surface area contributed by atoms with Gasteiger partial charge in [-0.05, 0) is 24.3 Å². The third-order valence-corrected chi connectivity index (χ3v) is 4.87. The molecule has 1 aromatic heterocycles. The van der Waals surface area contributed by atoms with Crippen LogP contribution in [0.2, 0.25) is 4.34 Å². The summed E-state index contributed by atoms with van der Waals surface area (Å²) >= 11 is 6.76. The summed E-state index contributed by atoms with van der Waals surface area (Å²) in [6.45, 7) is 0. The van der Waals surface area contributed by atoms with Crippen LogP contribution in [-0.4, -0.2) is 15.7 Å². The minimum Gasteiger partial charge on any atom is -0.292 e. The topological polar surface area (TPSA) is 34.1 Å². The highest BCUT2D eigenvalue weighted by Crippen LogP contribution is 2.23. The fraction of sp³-hybridized carbons (Fsp3) is 0.0833. The molecule has 100 valence electrons. The van der Waals surface area contributed by atoms with Crippen LogP contribution in [0.25, 0.3) is 0 Å². The Morgan fingerprint density at radius 3 is 2.58 bits per heavy atom. The predicted molar refractivity (Wildman–Crippen MR) is 71.3 cm³/mol. The van der Waals surface area contributed by atoms with Crippen molar-refractivity contribution >= 4 is 39.5 Å². The van der Waals surface area contributed by atoms with Gasteiger partial charge in [-0.1, -0.05) is 11.6 Å². The van der Waals surface area contributed by atoms with Crippen molar-refractivity contribution in [3.63, 3.8) is 0 Å². The molecule has 0 aliphatic heterocycles. The number of ketones is 1. The molecule has 1 aromatic carbocycles. The van der Waals surface area contributed by atoms with Crippen LogP contribution >= 0.6 is 22.9 Å². The zero-order valence-corrected chi connectivity index (χ0v) is 11.7. The highest BCUT2D eigenvalue weighted by atomic mass is 35.5. The molecule has 19 heavy (non-hydrogen) atoms. The van der Waals surface area contributed by atoms with Crippen molar-refractivity contribution in [1.82, 2.24) is 0 Å². The number of carbonyl (C=O) groups excluding carboxylic acids is 1. The zero-order chi connectivity index (χ0) is 14.0. The molecule has 0 N–H and O–H groups in total. The summed E-state index contributed by atoms with van der Waals surface area (Å²) in [4.78, 5) is 12.0. The molecular formula is C12H7ClF2O2S2. The standard InChI is InChI=1S/C12H7ClF2O2S2/c13-12-4-2-10(18-12)9(16)6-19(17)11-3-1-7(14)5-8(11)15/h1-5H,6H2. The van der Waals surface area contributed by atoms with Gasteiger partial charge in [-0.15, -0.1) is 11.3 Å². The van der Waals surface area contributed by atoms with Gasteiger partial charge in [0, 0.05) is 6.07 Å². The van der Waals surface area contributed by atoms with E-state index in [4.69, 9.17) is 11.6 Å². The maximum Gasteiger partial charge on any atom is 0.185 e. The Labute approximate surface area is 119 Å². The first-order chi connectivity index (χ1) is 8.97. The van der Waals surface area contributed by atoms with Crippen LogP contribution in [0, 0.1) is 11.6 Å². The number of hydrogen-bond acceptors (Lipinski definition) is 3. The highest BCUT2D eigenvalue weighted by molar-refractivity contribution is 7.85. The third kappa shape index (κ3) is 3.46. The Morgan fingerprint density at radius 1 is 1.26 bits per heavy atom. The second-order valence-electron chi connectivity index (χ2n) is 3.59. The third-order valence-electron chi connectivity index (χ3n) is 2.25. The Balaban J connectivity index is 2.15. The molecule has 1 unspecified atom stereocenters. The highest BCUT2D eigenvalue weighted by Gasteiger charge is 2.17. The summed E-state index contributed by atoms with van der Waals surface area (Å²) in [6.07, 6.45) is 0. The maximum absolute atomic E-state index is 13.4. The second kappa shape index (κ2) is 5.90. The van der Waals surface area contributed by atoms with Gasteiger partial charge >= 0.3 is 0 Å². The van der Waals surface area contributed by atoms with Crippen LogP contribution in [0.15, 0.2) is 35.2 Å². The summed E-state index contributed by atoms with van der Waals surface area (Å²) in [5.74, 6) is -2.43. The van der Waals surface area contributed by atoms with Gasteiger partial charge < -0.3 is 0 Å².